The fraction of sp³-hybridized carbons (Fsp3) is 0.235. The number of aromatic amines is 1. The number of hydrogen-bond acceptors (Lipinski definition) is 3. The monoisotopic (exact) mass is 327 g/mol. The second kappa shape index (κ2) is 6.66. The fourth-order valence-electron chi connectivity index (χ4n) is 2.59. The van der Waals surface area contributed by atoms with Gasteiger partial charge in [-0.05, 0) is 30.7 Å². The van der Waals surface area contributed by atoms with E-state index in [-0.39, 0.29) is 23.5 Å². The molecule has 2 aromatic heterocycles. The van der Waals surface area contributed by atoms with Crippen molar-refractivity contribution < 1.29 is 9.18 Å². The van der Waals surface area contributed by atoms with Crippen molar-refractivity contribution in [3.05, 3.63) is 59.8 Å². The van der Waals surface area contributed by atoms with Crippen molar-refractivity contribution in [2.45, 2.75) is 19.4 Å². The zero-order chi connectivity index (χ0) is 17.1. The average molecular weight is 327 g/mol. The lowest BCUT2D eigenvalue weighted by atomic mass is 10.1. The van der Waals surface area contributed by atoms with Crippen molar-refractivity contribution in [1.82, 2.24) is 25.3 Å². The summed E-state index contributed by atoms with van der Waals surface area (Å²) in [5, 5.41) is 13.8. The standard InChI is InChI=1S/C17H18FN5O/c1-3-13(16-8-9-19-23(16)2)20-17(24)15-10-14(21-22-15)11-6-4-5-7-12(11)18/h4-10,13H,3H2,1-2H3,(H,20,24)(H,21,22)/t13-/m1/s1. The normalized spacial score (nSPS) is 12.1. The van der Waals surface area contributed by atoms with E-state index in [1.54, 1.807) is 35.1 Å². The van der Waals surface area contributed by atoms with Gasteiger partial charge in [0.15, 0.2) is 0 Å². The van der Waals surface area contributed by atoms with Gasteiger partial charge in [0.05, 0.1) is 17.4 Å². The highest BCUT2D eigenvalue weighted by Gasteiger charge is 2.19. The number of amides is 1. The number of H-pyrrole nitrogens is 1. The maximum absolute atomic E-state index is 13.8. The van der Waals surface area contributed by atoms with E-state index < -0.39 is 0 Å². The number of aromatic nitrogens is 4. The van der Waals surface area contributed by atoms with Gasteiger partial charge < -0.3 is 5.32 Å². The van der Waals surface area contributed by atoms with E-state index in [0.717, 1.165) is 12.1 Å². The number of hydrogen-bond donors (Lipinski definition) is 2. The van der Waals surface area contributed by atoms with Gasteiger partial charge in [0.1, 0.15) is 11.5 Å². The maximum Gasteiger partial charge on any atom is 0.269 e. The lowest BCUT2D eigenvalue weighted by Crippen LogP contribution is -2.29. The molecular weight excluding hydrogens is 309 g/mol. The summed E-state index contributed by atoms with van der Waals surface area (Å²) >= 11 is 0. The van der Waals surface area contributed by atoms with Crippen LogP contribution in [0.3, 0.4) is 0 Å². The molecule has 7 heteroatoms. The predicted molar refractivity (Wildman–Crippen MR) is 87.7 cm³/mol. The highest BCUT2D eigenvalue weighted by atomic mass is 19.1. The third-order valence-corrected chi connectivity index (χ3v) is 3.90. The Hall–Kier alpha value is -2.96. The SMILES string of the molecule is CC[C@@H](NC(=O)c1cc(-c2ccccc2F)n[nH]1)c1ccnn1C. The van der Waals surface area contributed by atoms with Crippen LogP contribution in [-0.2, 0) is 7.05 Å². The van der Waals surface area contributed by atoms with Crippen LogP contribution in [0.25, 0.3) is 11.3 Å². The number of halogens is 1. The minimum atomic E-state index is -0.378. The van der Waals surface area contributed by atoms with E-state index in [4.69, 9.17) is 0 Å². The summed E-state index contributed by atoms with van der Waals surface area (Å²) in [4.78, 5) is 12.4. The van der Waals surface area contributed by atoms with E-state index >= 15 is 0 Å². The van der Waals surface area contributed by atoms with E-state index in [2.05, 4.69) is 20.6 Å². The minimum Gasteiger partial charge on any atom is -0.342 e. The van der Waals surface area contributed by atoms with Crippen molar-refractivity contribution >= 4 is 5.91 Å². The number of nitrogens with zero attached hydrogens (tertiary/aromatic N) is 3. The summed E-state index contributed by atoms with van der Waals surface area (Å²) in [5.74, 6) is -0.671. The molecule has 0 bridgehead atoms. The summed E-state index contributed by atoms with van der Waals surface area (Å²) in [5.41, 5.74) is 1.95. The number of carbonyl (C=O) groups excluding carboxylic acids is 1. The van der Waals surface area contributed by atoms with Crippen LogP contribution in [0.4, 0.5) is 4.39 Å². The molecule has 2 N–H and O–H groups in total. The number of benzene rings is 1. The third-order valence-electron chi connectivity index (χ3n) is 3.90. The van der Waals surface area contributed by atoms with Gasteiger partial charge in [0, 0.05) is 18.8 Å². The second-order valence-corrected chi connectivity index (χ2v) is 5.46. The first kappa shape index (κ1) is 15.9. The molecule has 0 aliphatic rings. The van der Waals surface area contributed by atoms with Crippen LogP contribution in [0.1, 0.15) is 35.6 Å². The molecule has 124 valence electrons. The van der Waals surface area contributed by atoms with Crippen LogP contribution in [0.2, 0.25) is 0 Å². The van der Waals surface area contributed by atoms with E-state index in [0.29, 0.717) is 11.3 Å². The molecule has 0 unspecified atom stereocenters. The lowest BCUT2D eigenvalue weighted by Gasteiger charge is -2.16. The number of nitrogens with one attached hydrogen (secondary N) is 2. The van der Waals surface area contributed by atoms with Gasteiger partial charge in [-0.25, -0.2) is 4.39 Å². The molecule has 0 saturated carbocycles. The van der Waals surface area contributed by atoms with Crippen LogP contribution in [0.15, 0.2) is 42.6 Å². The number of aryl methyl sites for hydroxylation is 1. The van der Waals surface area contributed by atoms with Gasteiger partial charge in [0.2, 0.25) is 0 Å². The van der Waals surface area contributed by atoms with Gasteiger partial charge in [-0.15, -0.1) is 0 Å². The topological polar surface area (TPSA) is 75.6 Å². The molecule has 0 saturated heterocycles. The molecule has 3 rings (SSSR count). The highest BCUT2D eigenvalue weighted by Crippen LogP contribution is 2.21. The molecule has 1 atom stereocenters. The third kappa shape index (κ3) is 3.05. The van der Waals surface area contributed by atoms with Crippen LogP contribution in [0.5, 0.6) is 0 Å². The second-order valence-electron chi connectivity index (χ2n) is 5.46. The molecule has 0 spiro atoms. The minimum absolute atomic E-state index is 0.162. The first-order valence-corrected chi connectivity index (χ1v) is 7.69. The Bertz CT molecular complexity index is 854. The Labute approximate surface area is 138 Å². The molecular formula is C17H18FN5O. The summed E-state index contributed by atoms with van der Waals surface area (Å²) in [7, 11) is 1.83. The average Bonchev–Trinajstić information content (AvgIpc) is 3.22. The molecule has 1 aromatic carbocycles. The van der Waals surface area contributed by atoms with E-state index in [1.807, 2.05) is 20.0 Å². The zero-order valence-electron chi connectivity index (χ0n) is 13.5. The van der Waals surface area contributed by atoms with Crippen LogP contribution in [-0.4, -0.2) is 25.9 Å². The maximum atomic E-state index is 13.8. The van der Waals surface area contributed by atoms with E-state index in [1.165, 1.54) is 6.07 Å². The molecule has 3 aromatic rings. The Morgan fingerprint density at radius 3 is 2.83 bits per heavy atom. The predicted octanol–water partition coefficient (Wildman–Crippen LogP) is 2.83. The Morgan fingerprint density at radius 2 is 2.17 bits per heavy atom. The summed E-state index contributed by atoms with van der Waals surface area (Å²) in [6, 6.07) is 9.57. The summed E-state index contributed by atoms with van der Waals surface area (Å²) < 4.78 is 15.5. The quantitative estimate of drug-likeness (QED) is 0.756. The van der Waals surface area contributed by atoms with Crippen molar-refractivity contribution in [3.63, 3.8) is 0 Å². The van der Waals surface area contributed by atoms with Gasteiger partial charge >= 0.3 is 0 Å². The van der Waals surface area contributed by atoms with Crippen molar-refractivity contribution in [2.75, 3.05) is 0 Å². The summed E-state index contributed by atoms with van der Waals surface area (Å²) in [6.45, 7) is 1.98. The van der Waals surface area contributed by atoms with Crippen LogP contribution in [0, 0.1) is 5.82 Å². The molecule has 6 nitrogen and oxygen atoms in total. The summed E-state index contributed by atoms with van der Waals surface area (Å²) in [6.07, 6.45) is 2.41. The van der Waals surface area contributed by atoms with Gasteiger partial charge in [-0.3, -0.25) is 14.6 Å². The first-order chi connectivity index (χ1) is 11.6. The number of rotatable bonds is 5. The molecule has 24 heavy (non-hydrogen) atoms. The van der Waals surface area contributed by atoms with Gasteiger partial charge in [-0.1, -0.05) is 19.1 Å². The fourth-order valence-corrected chi connectivity index (χ4v) is 2.59. The molecule has 0 fully saturated rings. The highest BCUT2D eigenvalue weighted by molar-refractivity contribution is 5.93. The van der Waals surface area contributed by atoms with Crippen molar-refractivity contribution in [1.29, 1.82) is 0 Å². The molecule has 0 aliphatic carbocycles. The Balaban J connectivity index is 1.79. The number of carbonyl (C=O) groups is 1. The Morgan fingerprint density at radius 1 is 1.38 bits per heavy atom. The van der Waals surface area contributed by atoms with Crippen molar-refractivity contribution in [3.8, 4) is 11.3 Å². The lowest BCUT2D eigenvalue weighted by molar-refractivity contribution is 0.0929. The molecule has 0 radical (unpaired) electrons. The van der Waals surface area contributed by atoms with E-state index in [9.17, 15) is 9.18 Å². The van der Waals surface area contributed by atoms with Crippen LogP contribution < -0.4 is 5.32 Å². The largest absolute Gasteiger partial charge is 0.342 e. The molecule has 1 amide bonds. The van der Waals surface area contributed by atoms with Crippen molar-refractivity contribution in [2.24, 2.45) is 7.05 Å². The molecule has 2 heterocycles. The van der Waals surface area contributed by atoms with Gasteiger partial charge in [-0.2, -0.15) is 10.2 Å². The van der Waals surface area contributed by atoms with Crippen LogP contribution >= 0.6 is 0 Å². The van der Waals surface area contributed by atoms with Gasteiger partial charge in [0.25, 0.3) is 5.91 Å². The molecule has 0 aliphatic heterocycles. The smallest absolute Gasteiger partial charge is 0.269 e. The Kier molecular flexibility index (Phi) is 4.41. The first-order valence-electron chi connectivity index (χ1n) is 7.69. The zero-order valence-corrected chi connectivity index (χ0v) is 13.5.